The molecule has 134 valence electrons. The van der Waals surface area contributed by atoms with Gasteiger partial charge in [-0.1, -0.05) is 18.2 Å². The van der Waals surface area contributed by atoms with Crippen LogP contribution in [0.2, 0.25) is 0 Å². The van der Waals surface area contributed by atoms with Crippen molar-refractivity contribution in [1.29, 1.82) is 0 Å². The number of carbonyl (C=O) groups is 1. The Balaban J connectivity index is 2.05. The van der Waals surface area contributed by atoms with Crippen molar-refractivity contribution >= 4 is 11.6 Å². The van der Waals surface area contributed by atoms with Gasteiger partial charge in [0.05, 0.1) is 19.7 Å². The van der Waals surface area contributed by atoms with Crippen molar-refractivity contribution in [1.82, 2.24) is 5.32 Å². The van der Waals surface area contributed by atoms with Gasteiger partial charge in [-0.2, -0.15) is 0 Å². The molecule has 0 aliphatic carbocycles. The summed E-state index contributed by atoms with van der Waals surface area (Å²) in [5.41, 5.74) is 1.33. The molecule has 25 heavy (non-hydrogen) atoms. The van der Waals surface area contributed by atoms with Gasteiger partial charge in [0.1, 0.15) is 5.75 Å². The lowest BCUT2D eigenvalue weighted by Gasteiger charge is -2.24. The molecule has 0 spiro atoms. The lowest BCUT2D eigenvalue weighted by atomic mass is 10.1. The first-order valence-corrected chi connectivity index (χ1v) is 8.08. The Hall–Kier alpha value is -2.63. The van der Waals surface area contributed by atoms with Crippen LogP contribution in [0.5, 0.6) is 5.75 Å². The zero-order valence-corrected chi connectivity index (χ0v) is 14.6. The van der Waals surface area contributed by atoms with Crippen LogP contribution in [-0.2, 0) is 4.79 Å². The third-order valence-electron chi connectivity index (χ3n) is 3.97. The van der Waals surface area contributed by atoms with Crippen LogP contribution in [0.25, 0.3) is 0 Å². The zero-order chi connectivity index (χ0) is 18.4. The lowest BCUT2D eigenvalue weighted by molar-refractivity contribution is -0.120. The number of anilines is 1. The minimum atomic E-state index is -0.932. The molecule has 0 heterocycles. The number of likely N-dealkylation sites (N-methyl/N-ethyl adjacent to an activating group) is 1. The van der Waals surface area contributed by atoms with Gasteiger partial charge in [-0.15, -0.1) is 0 Å². The van der Waals surface area contributed by atoms with Crippen LogP contribution in [-0.4, -0.2) is 26.1 Å². The molecule has 0 fully saturated rings. The van der Waals surface area contributed by atoms with Crippen molar-refractivity contribution in [3.8, 4) is 5.75 Å². The highest BCUT2D eigenvalue weighted by Crippen LogP contribution is 2.24. The number of carbonyl (C=O) groups excluding carboxylic acids is 1. The van der Waals surface area contributed by atoms with Gasteiger partial charge in [0.15, 0.2) is 11.6 Å². The number of hydrogen-bond donors (Lipinski definition) is 1. The Labute approximate surface area is 146 Å². The molecule has 0 bridgehead atoms. The standard InChI is InChI=1S/C19H22F2N2O2/c1-4-23(14-9-10-16(20)17(21)11-14)12-19(24)22-13(2)15-7-5-6-8-18(15)25-3/h5-11,13H,4,12H2,1-3H3,(H,22,24). The Kier molecular flexibility index (Phi) is 6.33. The Morgan fingerprint density at radius 1 is 1.20 bits per heavy atom. The minimum absolute atomic E-state index is 0.0427. The molecular weight excluding hydrogens is 326 g/mol. The van der Waals surface area contributed by atoms with Gasteiger partial charge in [-0.3, -0.25) is 4.79 Å². The lowest BCUT2D eigenvalue weighted by Crippen LogP contribution is -2.38. The first-order chi connectivity index (χ1) is 12.0. The van der Waals surface area contributed by atoms with Crippen molar-refractivity contribution < 1.29 is 18.3 Å². The predicted molar refractivity (Wildman–Crippen MR) is 93.8 cm³/mol. The van der Waals surface area contributed by atoms with Crippen LogP contribution in [0.3, 0.4) is 0 Å². The number of rotatable bonds is 7. The number of halogens is 2. The van der Waals surface area contributed by atoms with E-state index in [0.717, 1.165) is 17.7 Å². The third kappa shape index (κ3) is 4.68. The number of benzene rings is 2. The Bertz CT molecular complexity index is 737. The average molecular weight is 348 g/mol. The first kappa shape index (κ1) is 18.7. The molecule has 4 nitrogen and oxygen atoms in total. The van der Waals surface area contributed by atoms with E-state index in [1.807, 2.05) is 38.1 Å². The van der Waals surface area contributed by atoms with E-state index in [0.29, 0.717) is 18.0 Å². The topological polar surface area (TPSA) is 41.6 Å². The SMILES string of the molecule is CCN(CC(=O)NC(C)c1ccccc1OC)c1ccc(F)c(F)c1. The van der Waals surface area contributed by atoms with Crippen molar-refractivity contribution in [2.24, 2.45) is 0 Å². The monoisotopic (exact) mass is 348 g/mol. The normalized spacial score (nSPS) is 11.7. The van der Waals surface area contributed by atoms with Crippen LogP contribution in [0.1, 0.15) is 25.5 Å². The fraction of sp³-hybridized carbons (Fsp3) is 0.316. The number of nitrogens with one attached hydrogen (secondary N) is 1. The molecule has 0 aromatic heterocycles. The molecular formula is C19H22F2N2O2. The maximum atomic E-state index is 13.4. The van der Waals surface area contributed by atoms with E-state index in [1.54, 1.807) is 12.0 Å². The van der Waals surface area contributed by atoms with Crippen LogP contribution in [0, 0.1) is 11.6 Å². The highest BCUT2D eigenvalue weighted by atomic mass is 19.2. The molecule has 1 unspecified atom stereocenters. The highest BCUT2D eigenvalue weighted by molar-refractivity contribution is 5.81. The first-order valence-electron chi connectivity index (χ1n) is 8.08. The second-order valence-electron chi connectivity index (χ2n) is 5.64. The van der Waals surface area contributed by atoms with E-state index >= 15 is 0 Å². The summed E-state index contributed by atoms with van der Waals surface area (Å²) in [4.78, 5) is 14.0. The summed E-state index contributed by atoms with van der Waals surface area (Å²) in [6, 6.07) is 10.8. The Morgan fingerprint density at radius 3 is 2.56 bits per heavy atom. The zero-order valence-electron chi connectivity index (χ0n) is 14.6. The largest absolute Gasteiger partial charge is 0.496 e. The maximum Gasteiger partial charge on any atom is 0.239 e. The van der Waals surface area contributed by atoms with E-state index < -0.39 is 11.6 Å². The molecule has 0 aliphatic rings. The fourth-order valence-corrected chi connectivity index (χ4v) is 2.63. The summed E-state index contributed by atoms with van der Waals surface area (Å²) in [6.07, 6.45) is 0. The summed E-state index contributed by atoms with van der Waals surface area (Å²) in [5, 5.41) is 2.90. The van der Waals surface area contributed by atoms with E-state index in [4.69, 9.17) is 4.74 Å². The molecule has 1 atom stereocenters. The molecule has 6 heteroatoms. The van der Waals surface area contributed by atoms with Crippen molar-refractivity contribution in [3.05, 3.63) is 59.7 Å². The molecule has 2 aromatic carbocycles. The summed E-state index contributed by atoms with van der Waals surface area (Å²) in [7, 11) is 1.58. The second kappa shape index (κ2) is 8.46. The van der Waals surface area contributed by atoms with Gasteiger partial charge in [-0.25, -0.2) is 8.78 Å². The molecule has 0 aliphatic heterocycles. The second-order valence-corrected chi connectivity index (χ2v) is 5.64. The summed E-state index contributed by atoms with van der Waals surface area (Å²) in [5.74, 6) is -1.36. The smallest absolute Gasteiger partial charge is 0.239 e. The van der Waals surface area contributed by atoms with Gasteiger partial charge in [0.2, 0.25) is 5.91 Å². The minimum Gasteiger partial charge on any atom is -0.496 e. The summed E-state index contributed by atoms with van der Waals surface area (Å²) in [6.45, 7) is 4.24. The number of nitrogens with zero attached hydrogens (tertiary/aromatic N) is 1. The molecule has 0 saturated carbocycles. The number of hydrogen-bond acceptors (Lipinski definition) is 3. The number of amides is 1. The van der Waals surface area contributed by atoms with Gasteiger partial charge in [0.25, 0.3) is 0 Å². The average Bonchev–Trinajstić information content (AvgIpc) is 2.61. The Morgan fingerprint density at radius 2 is 1.92 bits per heavy atom. The van der Waals surface area contributed by atoms with Gasteiger partial charge in [0, 0.05) is 23.9 Å². The molecule has 0 saturated heterocycles. The predicted octanol–water partition coefficient (Wildman–Crippen LogP) is 3.68. The molecule has 1 amide bonds. The van der Waals surface area contributed by atoms with E-state index in [-0.39, 0.29) is 18.5 Å². The van der Waals surface area contributed by atoms with Crippen LogP contribution >= 0.6 is 0 Å². The van der Waals surface area contributed by atoms with Gasteiger partial charge >= 0.3 is 0 Å². The number of ether oxygens (including phenoxy) is 1. The molecule has 2 rings (SSSR count). The third-order valence-corrected chi connectivity index (χ3v) is 3.97. The van der Waals surface area contributed by atoms with Gasteiger partial charge < -0.3 is 15.0 Å². The number of para-hydroxylation sites is 1. The highest BCUT2D eigenvalue weighted by Gasteiger charge is 2.16. The fourth-order valence-electron chi connectivity index (χ4n) is 2.63. The van der Waals surface area contributed by atoms with Crippen molar-refractivity contribution in [2.45, 2.75) is 19.9 Å². The quantitative estimate of drug-likeness (QED) is 0.830. The molecule has 0 radical (unpaired) electrons. The van der Waals surface area contributed by atoms with E-state index in [9.17, 15) is 13.6 Å². The summed E-state index contributed by atoms with van der Waals surface area (Å²) >= 11 is 0. The van der Waals surface area contributed by atoms with E-state index in [1.165, 1.54) is 6.07 Å². The van der Waals surface area contributed by atoms with Crippen LogP contribution < -0.4 is 15.0 Å². The van der Waals surface area contributed by atoms with Crippen LogP contribution in [0.15, 0.2) is 42.5 Å². The summed E-state index contributed by atoms with van der Waals surface area (Å²) < 4.78 is 31.8. The number of methoxy groups -OCH3 is 1. The van der Waals surface area contributed by atoms with Gasteiger partial charge in [-0.05, 0) is 32.0 Å². The maximum absolute atomic E-state index is 13.4. The molecule has 2 aromatic rings. The van der Waals surface area contributed by atoms with Crippen molar-refractivity contribution in [2.75, 3.05) is 25.1 Å². The van der Waals surface area contributed by atoms with Crippen LogP contribution in [0.4, 0.5) is 14.5 Å². The molecule has 1 N–H and O–H groups in total. The van der Waals surface area contributed by atoms with Crippen molar-refractivity contribution in [3.63, 3.8) is 0 Å². The van der Waals surface area contributed by atoms with E-state index in [2.05, 4.69) is 5.32 Å².